The minimum absolute atomic E-state index is 0.724. The second kappa shape index (κ2) is 4.26. The van der Waals surface area contributed by atoms with Gasteiger partial charge in [0.2, 0.25) is 0 Å². The van der Waals surface area contributed by atoms with Crippen LogP contribution in [0.2, 0.25) is 0 Å². The molecule has 0 atom stereocenters. The van der Waals surface area contributed by atoms with Gasteiger partial charge in [0.05, 0.1) is 0 Å². The lowest BCUT2D eigenvalue weighted by atomic mass is 9.89. The minimum Gasteiger partial charge on any atom is -0.242 e. The van der Waals surface area contributed by atoms with Crippen LogP contribution in [0.1, 0.15) is 24.3 Å². The van der Waals surface area contributed by atoms with Crippen molar-refractivity contribution in [1.82, 2.24) is 5.32 Å². The van der Waals surface area contributed by atoms with E-state index in [0.717, 1.165) is 19.0 Å². The van der Waals surface area contributed by atoms with E-state index in [0.29, 0.717) is 0 Å². The summed E-state index contributed by atoms with van der Waals surface area (Å²) < 4.78 is 0. The Hall–Kier alpha value is -1.34. The molecule has 3 rings (SSSR count). The van der Waals surface area contributed by atoms with Gasteiger partial charge in [-0.25, -0.2) is 5.32 Å². The monoisotopic (exact) mass is 210 g/mol. The van der Waals surface area contributed by atoms with Crippen LogP contribution in [0.15, 0.2) is 42.5 Å². The maximum atomic E-state index is 4.42. The molecule has 1 radical (unpaired) electrons. The third-order valence-electron chi connectivity index (χ3n) is 3.52. The van der Waals surface area contributed by atoms with Crippen molar-refractivity contribution in [2.24, 2.45) is 0 Å². The molecule has 0 N–H and O–H groups in total. The topological polar surface area (TPSA) is 14.1 Å². The van der Waals surface area contributed by atoms with E-state index in [4.69, 9.17) is 0 Å². The smallest absolute Gasteiger partial charge is 0.0139 e. The van der Waals surface area contributed by atoms with Crippen molar-refractivity contribution >= 4 is 10.8 Å². The van der Waals surface area contributed by atoms with Crippen LogP contribution in [0.25, 0.3) is 10.8 Å². The molecule has 0 unspecified atom stereocenters. The van der Waals surface area contributed by atoms with Gasteiger partial charge < -0.3 is 0 Å². The second-order valence-corrected chi connectivity index (χ2v) is 4.55. The first-order chi connectivity index (χ1) is 7.93. The molecule has 81 valence electrons. The summed E-state index contributed by atoms with van der Waals surface area (Å²) in [7, 11) is 0. The summed E-state index contributed by atoms with van der Waals surface area (Å²) in [4.78, 5) is 0. The molecule has 1 nitrogen and oxygen atoms in total. The molecule has 1 heterocycles. The molecule has 0 aromatic heterocycles. The zero-order valence-electron chi connectivity index (χ0n) is 9.39. The van der Waals surface area contributed by atoms with Gasteiger partial charge in [0.15, 0.2) is 0 Å². The van der Waals surface area contributed by atoms with Crippen molar-refractivity contribution < 1.29 is 0 Å². The lowest BCUT2D eigenvalue weighted by Gasteiger charge is -2.22. The first-order valence-corrected chi connectivity index (χ1v) is 6.05. The summed E-state index contributed by atoms with van der Waals surface area (Å²) in [6, 6.07) is 15.5. The molecule has 0 spiro atoms. The zero-order chi connectivity index (χ0) is 10.8. The summed E-state index contributed by atoms with van der Waals surface area (Å²) in [5.41, 5.74) is 1.49. The van der Waals surface area contributed by atoms with Crippen LogP contribution >= 0.6 is 0 Å². The standard InChI is InChI=1S/C15H16N/c1-2-4-14-11-15(6-5-12(14)3-1)13-7-9-16-10-8-13/h1-6,11,13H,7-10H2. The molecule has 0 saturated carbocycles. The molecule has 1 saturated heterocycles. The minimum atomic E-state index is 0.724. The third-order valence-corrected chi connectivity index (χ3v) is 3.52. The molecule has 1 heteroatoms. The highest BCUT2D eigenvalue weighted by Gasteiger charge is 2.15. The first kappa shape index (κ1) is 9.86. The van der Waals surface area contributed by atoms with Gasteiger partial charge in [0.1, 0.15) is 0 Å². The van der Waals surface area contributed by atoms with Crippen LogP contribution in [0.4, 0.5) is 0 Å². The molecule has 2 aromatic carbocycles. The van der Waals surface area contributed by atoms with Crippen LogP contribution in [-0.4, -0.2) is 13.1 Å². The highest BCUT2D eigenvalue weighted by molar-refractivity contribution is 5.83. The van der Waals surface area contributed by atoms with E-state index < -0.39 is 0 Å². The van der Waals surface area contributed by atoms with Crippen LogP contribution in [0.5, 0.6) is 0 Å². The SMILES string of the molecule is c1ccc2cc(C3CC[N]CC3)ccc2c1. The number of rotatable bonds is 1. The highest BCUT2D eigenvalue weighted by atomic mass is 14.9. The fraction of sp³-hybridized carbons (Fsp3) is 0.333. The molecule has 2 aromatic rings. The fourth-order valence-corrected chi connectivity index (χ4v) is 2.55. The van der Waals surface area contributed by atoms with Crippen molar-refractivity contribution in [3.8, 4) is 0 Å². The van der Waals surface area contributed by atoms with Gasteiger partial charge in [-0.3, -0.25) is 0 Å². The third kappa shape index (κ3) is 1.83. The fourth-order valence-electron chi connectivity index (χ4n) is 2.55. The Balaban J connectivity index is 1.97. The summed E-state index contributed by atoms with van der Waals surface area (Å²) in [5, 5.41) is 7.12. The van der Waals surface area contributed by atoms with Gasteiger partial charge in [-0.15, -0.1) is 0 Å². The maximum absolute atomic E-state index is 4.42. The Morgan fingerprint density at radius 3 is 2.44 bits per heavy atom. The number of hydrogen-bond acceptors (Lipinski definition) is 0. The molecule has 1 fully saturated rings. The molecule has 0 bridgehead atoms. The Morgan fingerprint density at radius 2 is 1.62 bits per heavy atom. The Morgan fingerprint density at radius 1 is 0.875 bits per heavy atom. The van der Waals surface area contributed by atoms with E-state index in [9.17, 15) is 0 Å². The van der Waals surface area contributed by atoms with Gasteiger partial charge >= 0.3 is 0 Å². The molecule has 1 aliphatic rings. The normalized spacial score (nSPS) is 17.8. The molecular formula is C15H16N. The predicted octanol–water partition coefficient (Wildman–Crippen LogP) is 3.32. The van der Waals surface area contributed by atoms with Crippen LogP contribution in [0.3, 0.4) is 0 Å². The van der Waals surface area contributed by atoms with Crippen molar-refractivity contribution in [3.05, 3.63) is 48.0 Å². The molecular weight excluding hydrogens is 194 g/mol. The Bertz CT molecular complexity index is 484. The van der Waals surface area contributed by atoms with E-state index in [1.807, 2.05) is 0 Å². The molecule has 0 aliphatic carbocycles. The van der Waals surface area contributed by atoms with Crippen molar-refractivity contribution in [2.45, 2.75) is 18.8 Å². The maximum Gasteiger partial charge on any atom is 0.0139 e. The highest BCUT2D eigenvalue weighted by Crippen LogP contribution is 2.28. The average Bonchev–Trinajstić information content (AvgIpc) is 2.39. The molecule has 1 aliphatic heterocycles. The summed E-state index contributed by atoms with van der Waals surface area (Å²) in [5.74, 6) is 0.724. The van der Waals surface area contributed by atoms with Gasteiger partial charge in [0.25, 0.3) is 0 Å². The van der Waals surface area contributed by atoms with Gasteiger partial charge in [-0.2, -0.15) is 0 Å². The number of nitrogens with zero attached hydrogens (tertiary/aromatic N) is 1. The van der Waals surface area contributed by atoms with Crippen LogP contribution < -0.4 is 5.32 Å². The van der Waals surface area contributed by atoms with E-state index in [1.54, 1.807) is 0 Å². The predicted molar refractivity (Wildman–Crippen MR) is 67.8 cm³/mol. The number of piperidine rings is 1. The zero-order valence-corrected chi connectivity index (χ0v) is 9.39. The lowest BCUT2D eigenvalue weighted by Crippen LogP contribution is -2.20. The van der Waals surface area contributed by atoms with E-state index in [-0.39, 0.29) is 0 Å². The number of benzene rings is 2. The number of fused-ring (bicyclic) bond motifs is 1. The summed E-state index contributed by atoms with van der Waals surface area (Å²) >= 11 is 0. The van der Waals surface area contributed by atoms with Crippen molar-refractivity contribution in [2.75, 3.05) is 13.1 Å². The quantitative estimate of drug-likeness (QED) is 0.685. The van der Waals surface area contributed by atoms with E-state index in [1.165, 1.54) is 29.2 Å². The number of hydrogen-bond donors (Lipinski definition) is 0. The first-order valence-electron chi connectivity index (χ1n) is 6.05. The largest absolute Gasteiger partial charge is 0.242 e. The van der Waals surface area contributed by atoms with Gasteiger partial charge in [-0.05, 0) is 35.1 Å². The summed E-state index contributed by atoms with van der Waals surface area (Å²) in [6.45, 7) is 2.08. The van der Waals surface area contributed by atoms with E-state index in [2.05, 4.69) is 47.8 Å². The summed E-state index contributed by atoms with van der Waals surface area (Å²) in [6.07, 6.45) is 2.44. The molecule has 0 amide bonds. The van der Waals surface area contributed by atoms with Crippen LogP contribution in [-0.2, 0) is 0 Å². The van der Waals surface area contributed by atoms with Gasteiger partial charge in [-0.1, -0.05) is 42.5 Å². The lowest BCUT2D eigenvalue weighted by molar-refractivity contribution is 0.454. The van der Waals surface area contributed by atoms with Crippen molar-refractivity contribution in [3.63, 3.8) is 0 Å². The molecule has 16 heavy (non-hydrogen) atoms. The van der Waals surface area contributed by atoms with Gasteiger partial charge in [0, 0.05) is 13.1 Å². The van der Waals surface area contributed by atoms with Crippen LogP contribution in [0, 0.1) is 0 Å². The average molecular weight is 210 g/mol. The van der Waals surface area contributed by atoms with E-state index >= 15 is 0 Å². The Kier molecular flexibility index (Phi) is 2.63. The Labute approximate surface area is 96.5 Å². The second-order valence-electron chi connectivity index (χ2n) is 4.55. The van der Waals surface area contributed by atoms with Crippen molar-refractivity contribution in [1.29, 1.82) is 0 Å².